The summed E-state index contributed by atoms with van der Waals surface area (Å²) in [6, 6.07) is 0. The normalized spacial score (nSPS) is 12.5. The Morgan fingerprint density at radius 1 is 0.303 bits per heavy atom. The fourth-order valence-electron chi connectivity index (χ4n) is 9.14. The molecule has 0 amide bonds. The summed E-state index contributed by atoms with van der Waals surface area (Å²) in [4.78, 5) is 38.1. The van der Waals surface area contributed by atoms with Gasteiger partial charge in [-0.1, -0.05) is 292 Å². The van der Waals surface area contributed by atoms with E-state index < -0.39 is 6.10 Å². The van der Waals surface area contributed by atoms with Crippen LogP contribution in [-0.2, 0) is 28.6 Å². The van der Waals surface area contributed by atoms with Crippen LogP contribution in [0.2, 0.25) is 0 Å². The number of ether oxygens (including phenoxy) is 3. The molecule has 0 aromatic rings. The van der Waals surface area contributed by atoms with Crippen LogP contribution in [0.3, 0.4) is 0 Å². The van der Waals surface area contributed by atoms with E-state index in [0.29, 0.717) is 19.3 Å². The highest BCUT2D eigenvalue weighted by Crippen LogP contribution is 2.19. The molecule has 0 saturated heterocycles. The molecule has 392 valence electrons. The first-order valence-corrected chi connectivity index (χ1v) is 29.6. The lowest BCUT2D eigenvalue weighted by Crippen LogP contribution is -2.30. The number of carbonyl (C=O) groups excluding carboxylic acids is 3. The van der Waals surface area contributed by atoms with Gasteiger partial charge in [-0.3, -0.25) is 14.4 Å². The molecule has 0 radical (unpaired) electrons. The Morgan fingerprint density at radius 2 is 0.530 bits per heavy atom. The summed E-state index contributed by atoms with van der Waals surface area (Å²) in [5, 5.41) is 0. The van der Waals surface area contributed by atoms with Gasteiger partial charge >= 0.3 is 17.9 Å². The number of esters is 3. The minimum Gasteiger partial charge on any atom is -0.462 e. The third kappa shape index (κ3) is 51.8. The van der Waals surface area contributed by atoms with Gasteiger partial charge in [0.25, 0.3) is 0 Å². The second kappa shape index (κ2) is 51.3. The van der Waals surface area contributed by atoms with Crippen LogP contribution in [-0.4, -0.2) is 37.2 Å². The van der Waals surface area contributed by atoms with Crippen LogP contribution >= 0.6 is 0 Å². The molecule has 6 nitrogen and oxygen atoms in total. The zero-order valence-electron chi connectivity index (χ0n) is 45.5. The highest BCUT2D eigenvalue weighted by atomic mass is 16.6. The third-order valence-electron chi connectivity index (χ3n) is 14.0. The van der Waals surface area contributed by atoms with Gasteiger partial charge in [0, 0.05) is 19.3 Å². The number of hydrogen-bond acceptors (Lipinski definition) is 6. The lowest BCUT2D eigenvalue weighted by atomic mass is 9.99. The average molecular weight is 934 g/mol. The van der Waals surface area contributed by atoms with Gasteiger partial charge in [-0.05, 0) is 37.0 Å². The SMILES string of the molecule is CCC(C)CCCCCCCCCCCCC(=O)O[C@H](COC(=O)CCCCCCCCCCCCCCCCCCCCC(C)C)COC(=O)CCCCCCCCCCCCC(C)C. The summed E-state index contributed by atoms with van der Waals surface area (Å²) < 4.78 is 16.9. The van der Waals surface area contributed by atoms with Gasteiger partial charge in [0.15, 0.2) is 6.10 Å². The van der Waals surface area contributed by atoms with Gasteiger partial charge in [-0.15, -0.1) is 0 Å². The Hall–Kier alpha value is -1.59. The van der Waals surface area contributed by atoms with Crippen molar-refractivity contribution >= 4 is 17.9 Å². The van der Waals surface area contributed by atoms with E-state index >= 15 is 0 Å². The number of carbonyl (C=O) groups is 3. The lowest BCUT2D eigenvalue weighted by Gasteiger charge is -2.18. The third-order valence-corrected chi connectivity index (χ3v) is 14.0. The topological polar surface area (TPSA) is 78.9 Å². The Bertz CT molecular complexity index is 1020. The Balaban J connectivity index is 4.25. The highest BCUT2D eigenvalue weighted by molar-refractivity contribution is 5.71. The van der Waals surface area contributed by atoms with Gasteiger partial charge in [0.2, 0.25) is 0 Å². The lowest BCUT2D eigenvalue weighted by molar-refractivity contribution is -0.167. The van der Waals surface area contributed by atoms with E-state index in [2.05, 4.69) is 41.5 Å². The van der Waals surface area contributed by atoms with Crippen molar-refractivity contribution < 1.29 is 28.6 Å². The number of unbranched alkanes of at least 4 members (excludes halogenated alkanes) is 35. The molecule has 66 heavy (non-hydrogen) atoms. The molecule has 0 N–H and O–H groups in total. The molecule has 2 atom stereocenters. The average Bonchev–Trinajstić information content (AvgIpc) is 3.29. The van der Waals surface area contributed by atoms with Gasteiger partial charge in [0.05, 0.1) is 0 Å². The van der Waals surface area contributed by atoms with Crippen LogP contribution in [0.5, 0.6) is 0 Å². The van der Waals surface area contributed by atoms with Crippen molar-refractivity contribution in [1.82, 2.24) is 0 Å². The van der Waals surface area contributed by atoms with Crippen LogP contribution < -0.4 is 0 Å². The standard InChI is InChI=1S/C60H116O6/c1-7-56(6)48-42-36-30-24-19-21-27-33-39-45-51-60(63)66-57(53-65-59(62)50-44-38-32-26-20-18-23-29-35-41-47-55(4)5)52-64-58(61)49-43-37-31-25-17-15-13-11-9-8-10-12-14-16-22-28-34-40-46-54(2)3/h54-57H,7-53H2,1-6H3/t56?,57-/m1/s1. The minimum atomic E-state index is -0.764. The predicted molar refractivity (Wildman–Crippen MR) is 284 cm³/mol. The van der Waals surface area contributed by atoms with Gasteiger partial charge in [-0.25, -0.2) is 0 Å². The maximum atomic E-state index is 12.8. The van der Waals surface area contributed by atoms with E-state index in [1.54, 1.807) is 0 Å². The van der Waals surface area contributed by atoms with Gasteiger partial charge < -0.3 is 14.2 Å². The molecule has 0 rings (SSSR count). The van der Waals surface area contributed by atoms with E-state index in [-0.39, 0.29) is 31.1 Å². The summed E-state index contributed by atoms with van der Waals surface area (Å²) in [6.07, 6.45) is 53.8. The molecular formula is C60H116O6. The molecule has 1 unspecified atom stereocenters. The van der Waals surface area contributed by atoms with Gasteiger partial charge in [-0.2, -0.15) is 0 Å². The van der Waals surface area contributed by atoms with Crippen LogP contribution in [0.25, 0.3) is 0 Å². The first-order chi connectivity index (χ1) is 32.1. The van der Waals surface area contributed by atoms with Crippen LogP contribution in [0.4, 0.5) is 0 Å². The Labute approximate surface area is 412 Å². The maximum Gasteiger partial charge on any atom is 0.306 e. The smallest absolute Gasteiger partial charge is 0.306 e. The van der Waals surface area contributed by atoms with Crippen molar-refractivity contribution in [2.45, 2.75) is 337 Å². The first-order valence-electron chi connectivity index (χ1n) is 29.6. The zero-order chi connectivity index (χ0) is 48.4. The second-order valence-electron chi connectivity index (χ2n) is 21.8. The van der Waals surface area contributed by atoms with Crippen molar-refractivity contribution in [2.24, 2.45) is 17.8 Å². The van der Waals surface area contributed by atoms with E-state index in [0.717, 1.165) is 75.5 Å². The largest absolute Gasteiger partial charge is 0.462 e. The van der Waals surface area contributed by atoms with Crippen LogP contribution in [0.15, 0.2) is 0 Å². The molecule has 0 bridgehead atoms. The monoisotopic (exact) mass is 933 g/mol. The molecule has 0 aliphatic carbocycles. The summed E-state index contributed by atoms with van der Waals surface area (Å²) in [5.74, 6) is 1.70. The zero-order valence-corrected chi connectivity index (χ0v) is 45.5. The molecule has 0 saturated carbocycles. The maximum absolute atomic E-state index is 12.8. The van der Waals surface area contributed by atoms with Crippen molar-refractivity contribution in [2.75, 3.05) is 13.2 Å². The predicted octanol–water partition coefficient (Wildman–Crippen LogP) is 19.5. The molecule has 0 heterocycles. The quantitative estimate of drug-likeness (QED) is 0.0343. The second-order valence-corrected chi connectivity index (χ2v) is 21.8. The van der Waals surface area contributed by atoms with E-state index in [4.69, 9.17) is 14.2 Å². The molecule has 0 aliphatic rings. The molecule has 0 spiro atoms. The molecule has 0 aliphatic heterocycles. The summed E-state index contributed by atoms with van der Waals surface area (Å²) in [5.41, 5.74) is 0. The van der Waals surface area contributed by atoms with E-state index in [1.165, 1.54) is 212 Å². The number of rotatable bonds is 53. The van der Waals surface area contributed by atoms with Gasteiger partial charge in [0.1, 0.15) is 13.2 Å². The van der Waals surface area contributed by atoms with Crippen molar-refractivity contribution in [3.8, 4) is 0 Å². The first kappa shape index (κ1) is 64.4. The summed E-state index contributed by atoms with van der Waals surface area (Å²) in [6.45, 7) is 13.8. The van der Waals surface area contributed by atoms with Crippen molar-refractivity contribution in [1.29, 1.82) is 0 Å². The van der Waals surface area contributed by atoms with Crippen molar-refractivity contribution in [3.05, 3.63) is 0 Å². The number of hydrogen-bond donors (Lipinski definition) is 0. The fourth-order valence-corrected chi connectivity index (χ4v) is 9.14. The van der Waals surface area contributed by atoms with Crippen LogP contribution in [0, 0.1) is 17.8 Å². The highest BCUT2D eigenvalue weighted by Gasteiger charge is 2.19. The molecule has 6 heteroatoms. The minimum absolute atomic E-state index is 0.0636. The van der Waals surface area contributed by atoms with Crippen molar-refractivity contribution in [3.63, 3.8) is 0 Å². The Morgan fingerprint density at radius 3 is 0.788 bits per heavy atom. The van der Waals surface area contributed by atoms with E-state index in [1.807, 2.05) is 0 Å². The molecule has 0 aromatic carbocycles. The fraction of sp³-hybridized carbons (Fsp3) is 0.950. The molecule has 0 fully saturated rings. The van der Waals surface area contributed by atoms with Crippen LogP contribution in [0.1, 0.15) is 330 Å². The molecular weight excluding hydrogens is 817 g/mol. The van der Waals surface area contributed by atoms with E-state index in [9.17, 15) is 14.4 Å². The summed E-state index contributed by atoms with van der Waals surface area (Å²) in [7, 11) is 0. The Kier molecular flexibility index (Phi) is 50.0. The summed E-state index contributed by atoms with van der Waals surface area (Å²) >= 11 is 0. The molecule has 0 aromatic heterocycles.